The van der Waals surface area contributed by atoms with Crippen molar-refractivity contribution in [3.63, 3.8) is 0 Å². The van der Waals surface area contributed by atoms with E-state index in [-0.39, 0.29) is 17.1 Å². The van der Waals surface area contributed by atoms with Crippen molar-refractivity contribution in [1.82, 2.24) is 5.32 Å². The molecule has 0 spiro atoms. The Hall–Kier alpha value is -1.33. The highest BCUT2D eigenvalue weighted by atomic mass is 35.5. The van der Waals surface area contributed by atoms with Gasteiger partial charge in [0, 0.05) is 11.6 Å². The molecule has 98 valence electrons. The normalized spacial score (nSPS) is 11.8. The lowest BCUT2D eigenvalue weighted by Crippen LogP contribution is -2.34. The zero-order valence-electron chi connectivity index (χ0n) is 9.38. The number of carbonyl (C=O) groups is 2. The van der Waals surface area contributed by atoms with Crippen molar-refractivity contribution in [2.75, 3.05) is 13.7 Å². The molecule has 1 amide bonds. The molecule has 7 heteroatoms. The molecule has 0 saturated carbocycles. The summed E-state index contributed by atoms with van der Waals surface area (Å²) in [4.78, 5) is 22.6. The van der Waals surface area contributed by atoms with E-state index in [0.717, 1.165) is 6.07 Å². The minimum absolute atomic E-state index is 0.158. The summed E-state index contributed by atoms with van der Waals surface area (Å²) in [5.41, 5.74) is -0.173. The molecule has 0 bridgehead atoms. The third-order valence-corrected chi connectivity index (χ3v) is 2.64. The number of nitrogens with one attached hydrogen (secondary N) is 1. The third-order valence-electron chi connectivity index (χ3n) is 2.07. The van der Waals surface area contributed by atoms with E-state index in [2.05, 4.69) is 10.1 Å². The molecule has 0 saturated heterocycles. The van der Waals surface area contributed by atoms with Gasteiger partial charge in [0.25, 0.3) is 5.91 Å². The average Bonchev–Trinajstić information content (AvgIpc) is 2.34. The minimum Gasteiger partial charge on any atom is -0.468 e. The SMILES string of the molecule is COC(=O)C(Cl)CNC(=O)c1ccc(Cl)cc1F. The zero-order valence-corrected chi connectivity index (χ0v) is 10.9. The number of carbonyl (C=O) groups excluding carboxylic acids is 2. The van der Waals surface area contributed by atoms with Crippen LogP contribution < -0.4 is 5.32 Å². The Kier molecular flexibility index (Phi) is 5.37. The summed E-state index contributed by atoms with van der Waals surface area (Å²) in [7, 11) is 1.18. The van der Waals surface area contributed by atoms with Crippen molar-refractivity contribution < 1.29 is 18.7 Å². The number of hydrogen-bond acceptors (Lipinski definition) is 3. The second-order valence-electron chi connectivity index (χ2n) is 3.32. The van der Waals surface area contributed by atoms with Gasteiger partial charge in [-0.25, -0.2) is 4.39 Å². The molecule has 1 unspecified atom stereocenters. The van der Waals surface area contributed by atoms with E-state index < -0.39 is 23.1 Å². The number of esters is 1. The van der Waals surface area contributed by atoms with Gasteiger partial charge in [-0.15, -0.1) is 11.6 Å². The number of rotatable bonds is 4. The van der Waals surface area contributed by atoms with Gasteiger partial charge in [-0.3, -0.25) is 9.59 Å². The molecular formula is C11H10Cl2FNO3. The van der Waals surface area contributed by atoms with Crippen molar-refractivity contribution in [2.24, 2.45) is 0 Å². The largest absolute Gasteiger partial charge is 0.468 e. The van der Waals surface area contributed by atoms with Crippen molar-refractivity contribution >= 4 is 35.1 Å². The Bertz CT molecular complexity index is 468. The molecule has 1 aromatic carbocycles. The number of halogens is 3. The Balaban J connectivity index is 2.63. The summed E-state index contributed by atoms with van der Waals surface area (Å²) >= 11 is 11.2. The second-order valence-corrected chi connectivity index (χ2v) is 4.29. The topological polar surface area (TPSA) is 55.4 Å². The van der Waals surface area contributed by atoms with Crippen molar-refractivity contribution in [3.05, 3.63) is 34.6 Å². The van der Waals surface area contributed by atoms with Crippen molar-refractivity contribution in [3.8, 4) is 0 Å². The van der Waals surface area contributed by atoms with Gasteiger partial charge in [-0.05, 0) is 18.2 Å². The lowest BCUT2D eigenvalue weighted by atomic mass is 10.2. The Labute approximate surface area is 113 Å². The lowest BCUT2D eigenvalue weighted by molar-refractivity contribution is -0.140. The number of amides is 1. The van der Waals surface area contributed by atoms with Crippen LogP contribution in [0.5, 0.6) is 0 Å². The number of benzene rings is 1. The minimum atomic E-state index is -1.02. The number of ether oxygens (including phenoxy) is 1. The van der Waals surface area contributed by atoms with E-state index in [1.54, 1.807) is 0 Å². The number of methoxy groups -OCH3 is 1. The van der Waals surface area contributed by atoms with Crippen LogP contribution in [0.2, 0.25) is 5.02 Å². The van der Waals surface area contributed by atoms with Crippen LogP contribution in [0, 0.1) is 5.82 Å². The van der Waals surface area contributed by atoms with Gasteiger partial charge in [0.1, 0.15) is 11.2 Å². The molecule has 1 N–H and O–H groups in total. The van der Waals surface area contributed by atoms with Crippen LogP contribution in [0.15, 0.2) is 18.2 Å². The Morgan fingerprint density at radius 2 is 2.17 bits per heavy atom. The molecule has 0 fully saturated rings. The molecule has 18 heavy (non-hydrogen) atoms. The Morgan fingerprint density at radius 3 is 2.72 bits per heavy atom. The number of alkyl halides is 1. The van der Waals surface area contributed by atoms with Crippen LogP contribution in [0.1, 0.15) is 10.4 Å². The fourth-order valence-corrected chi connectivity index (χ4v) is 1.49. The standard InChI is InChI=1S/C11H10Cl2FNO3/c1-18-11(17)8(13)5-15-10(16)7-3-2-6(12)4-9(7)14/h2-4,8H,5H2,1H3,(H,15,16). The maximum Gasteiger partial charge on any atom is 0.325 e. The van der Waals surface area contributed by atoms with Gasteiger partial charge in [0.05, 0.1) is 12.7 Å². The van der Waals surface area contributed by atoms with Gasteiger partial charge >= 0.3 is 5.97 Å². The van der Waals surface area contributed by atoms with Crippen LogP contribution in [0.25, 0.3) is 0 Å². The molecule has 1 aromatic rings. The second kappa shape index (κ2) is 6.56. The number of hydrogen-bond donors (Lipinski definition) is 1. The van der Waals surface area contributed by atoms with E-state index in [1.165, 1.54) is 19.2 Å². The van der Waals surface area contributed by atoms with E-state index in [0.29, 0.717) is 0 Å². The zero-order chi connectivity index (χ0) is 13.7. The maximum absolute atomic E-state index is 13.4. The molecular weight excluding hydrogens is 284 g/mol. The first-order chi connectivity index (χ1) is 8.45. The maximum atomic E-state index is 13.4. The van der Waals surface area contributed by atoms with E-state index >= 15 is 0 Å². The highest BCUT2D eigenvalue weighted by Gasteiger charge is 2.18. The summed E-state index contributed by atoms with van der Waals surface area (Å²) in [5.74, 6) is -2.10. The molecule has 0 aromatic heterocycles. The first-order valence-corrected chi connectivity index (χ1v) is 5.72. The molecule has 0 aliphatic rings. The van der Waals surface area contributed by atoms with Crippen LogP contribution in [-0.2, 0) is 9.53 Å². The predicted molar refractivity (Wildman–Crippen MR) is 65.4 cm³/mol. The fraction of sp³-hybridized carbons (Fsp3) is 0.273. The Morgan fingerprint density at radius 1 is 1.50 bits per heavy atom. The first-order valence-electron chi connectivity index (χ1n) is 4.91. The van der Waals surface area contributed by atoms with Crippen LogP contribution in [0.4, 0.5) is 4.39 Å². The van der Waals surface area contributed by atoms with Crippen molar-refractivity contribution in [1.29, 1.82) is 0 Å². The van der Waals surface area contributed by atoms with Gasteiger partial charge in [0.15, 0.2) is 0 Å². The van der Waals surface area contributed by atoms with Crippen LogP contribution >= 0.6 is 23.2 Å². The molecule has 0 heterocycles. The van der Waals surface area contributed by atoms with Gasteiger partial charge in [0.2, 0.25) is 0 Å². The summed E-state index contributed by atoms with van der Waals surface area (Å²) < 4.78 is 17.8. The molecule has 0 radical (unpaired) electrons. The monoisotopic (exact) mass is 293 g/mol. The summed E-state index contributed by atoms with van der Waals surface area (Å²) in [6.45, 7) is -0.158. The quantitative estimate of drug-likeness (QED) is 0.682. The lowest BCUT2D eigenvalue weighted by Gasteiger charge is -2.09. The van der Waals surface area contributed by atoms with E-state index in [9.17, 15) is 14.0 Å². The van der Waals surface area contributed by atoms with Crippen LogP contribution in [0.3, 0.4) is 0 Å². The fourth-order valence-electron chi connectivity index (χ4n) is 1.16. The van der Waals surface area contributed by atoms with Crippen molar-refractivity contribution in [2.45, 2.75) is 5.38 Å². The average molecular weight is 294 g/mol. The summed E-state index contributed by atoms with van der Waals surface area (Å²) in [6, 6.07) is 3.65. The highest BCUT2D eigenvalue weighted by molar-refractivity contribution is 6.31. The van der Waals surface area contributed by atoms with E-state index in [4.69, 9.17) is 23.2 Å². The molecule has 4 nitrogen and oxygen atoms in total. The first kappa shape index (κ1) is 14.7. The smallest absolute Gasteiger partial charge is 0.325 e. The summed E-state index contributed by atoms with van der Waals surface area (Å²) in [6.07, 6.45) is 0. The molecule has 0 aliphatic carbocycles. The van der Waals surface area contributed by atoms with Gasteiger partial charge in [-0.2, -0.15) is 0 Å². The highest BCUT2D eigenvalue weighted by Crippen LogP contribution is 2.14. The molecule has 1 atom stereocenters. The molecule has 0 aliphatic heterocycles. The summed E-state index contributed by atoms with van der Waals surface area (Å²) in [5, 5.41) is 1.49. The van der Waals surface area contributed by atoms with Gasteiger partial charge < -0.3 is 10.1 Å². The predicted octanol–water partition coefficient (Wildman–Crippen LogP) is 1.99. The third kappa shape index (κ3) is 3.85. The van der Waals surface area contributed by atoms with Crippen LogP contribution in [-0.4, -0.2) is 30.9 Å². The van der Waals surface area contributed by atoms with E-state index in [1.807, 2.05) is 0 Å². The van der Waals surface area contributed by atoms with Gasteiger partial charge in [-0.1, -0.05) is 11.6 Å². The molecule has 1 rings (SSSR count).